The predicted molar refractivity (Wildman–Crippen MR) is 133 cm³/mol. The zero-order chi connectivity index (χ0) is 25.4. The van der Waals surface area contributed by atoms with Gasteiger partial charge in [0.15, 0.2) is 6.10 Å². The summed E-state index contributed by atoms with van der Waals surface area (Å²) in [6, 6.07) is 15.4. The largest absolute Gasteiger partial charge is 0.449 e. The van der Waals surface area contributed by atoms with E-state index in [1.54, 1.807) is 6.07 Å². The molecule has 1 atom stereocenters. The van der Waals surface area contributed by atoms with Gasteiger partial charge < -0.3 is 10.1 Å². The highest BCUT2D eigenvalue weighted by atomic mass is 16.5. The number of esters is 1. The van der Waals surface area contributed by atoms with E-state index in [1.165, 1.54) is 25.1 Å². The Morgan fingerprint density at radius 2 is 1.43 bits per heavy atom. The third kappa shape index (κ3) is 4.57. The first-order valence-electron chi connectivity index (χ1n) is 11.3. The number of aryl methyl sites for hydroxylation is 4. The Bertz CT molecular complexity index is 1390. The van der Waals surface area contributed by atoms with E-state index in [2.05, 4.69) is 5.32 Å². The zero-order valence-electron chi connectivity index (χ0n) is 20.3. The van der Waals surface area contributed by atoms with Crippen molar-refractivity contribution in [3.63, 3.8) is 0 Å². The first-order chi connectivity index (χ1) is 16.6. The van der Waals surface area contributed by atoms with E-state index < -0.39 is 29.8 Å². The zero-order valence-corrected chi connectivity index (χ0v) is 20.3. The molecule has 0 aromatic heterocycles. The maximum Gasteiger partial charge on any atom is 0.338 e. The highest BCUT2D eigenvalue weighted by molar-refractivity contribution is 6.35. The molecular formula is C28H26N2O5. The van der Waals surface area contributed by atoms with Gasteiger partial charge in [-0.05, 0) is 87.2 Å². The standard InChI is InChI=1S/C28H26N2O5/c1-15-6-8-17(3)23(12-15)29-25(31)19(5)35-28(34)20-10-11-21-22(14-20)27(33)30(26(21)32)24-13-16(2)7-9-18(24)4/h6-14,19H,1-5H3,(H,29,31). The van der Waals surface area contributed by atoms with E-state index >= 15 is 0 Å². The van der Waals surface area contributed by atoms with Gasteiger partial charge in [-0.2, -0.15) is 0 Å². The maximum atomic E-state index is 13.1. The van der Waals surface area contributed by atoms with Gasteiger partial charge in [-0.25, -0.2) is 9.69 Å². The minimum atomic E-state index is -1.07. The lowest BCUT2D eigenvalue weighted by atomic mass is 10.1. The van der Waals surface area contributed by atoms with Crippen molar-refractivity contribution < 1.29 is 23.9 Å². The van der Waals surface area contributed by atoms with Crippen LogP contribution in [0.1, 0.15) is 60.3 Å². The Balaban J connectivity index is 1.51. The van der Waals surface area contributed by atoms with Crippen molar-refractivity contribution in [1.82, 2.24) is 0 Å². The molecule has 4 rings (SSSR count). The van der Waals surface area contributed by atoms with Gasteiger partial charge in [0.2, 0.25) is 0 Å². The van der Waals surface area contributed by atoms with Crippen molar-refractivity contribution in [3.05, 3.63) is 93.5 Å². The first-order valence-corrected chi connectivity index (χ1v) is 11.3. The second-order valence-corrected chi connectivity index (χ2v) is 8.85. The fraction of sp³-hybridized carbons (Fsp3) is 0.214. The molecule has 0 radical (unpaired) electrons. The van der Waals surface area contributed by atoms with E-state index in [0.717, 1.165) is 27.2 Å². The van der Waals surface area contributed by atoms with E-state index in [9.17, 15) is 19.2 Å². The third-order valence-corrected chi connectivity index (χ3v) is 6.03. The monoisotopic (exact) mass is 470 g/mol. The summed E-state index contributed by atoms with van der Waals surface area (Å²) in [5, 5.41) is 2.77. The van der Waals surface area contributed by atoms with Gasteiger partial charge in [-0.1, -0.05) is 24.3 Å². The normalized spacial score (nSPS) is 13.5. The van der Waals surface area contributed by atoms with Crippen LogP contribution in [0.15, 0.2) is 54.6 Å². The molecule has 1 unspecified atom stereocenters. The molecule has 1 aliphatic rings. The maximum absolute atomic E-state index is 13.1. The number of ether oxygens (including phenoxy) is 1. The van der Waals surface area contributed by atoms with E-state index in [-0.39, 0.29) is 16.7 Å². The van der Waals surface area contributed by atoms with Crippen LogP contribution in [-0.2, 0) is 9.53 Å². The molecule has 0 bridgehead atoms. The van der Waals surface area contributed by atoms with Gasteiger partial charge in [0.25, 0.3) is 17.7 Å². The lowest BCUT2D eigenvalue weighted by Gasteiger charge is -2.17. The summed E-state index contributed by atoms with van der Waals surface area (Å²) in [4.78, 5) is 52.6. The van der Waals surface area contributed by atoms with E-state index in [1.807, 2.05) is 58.0 Å². The van der Waals surface area contributed by atoms with Crippen molar-refractivity contribution in [2.75, 3.05) is 10.2 Å². The van der Waals surface area contributed by atoms with E-state index in [4.69, 9.17) is 4.74 Å². The fourth-order valence-corrected chi connectivity index (χ4v) is 3.93. The first kappa shape index (κ1) is 23.9. The number of carbonyl (C=O) groups is 4. The van der Waals surface area contributed by atoms with Crippen molar-refractivity contribution in [3.8, 4) is 0 Å². The molecule has 3 aromatic carbocycles. The lowest BCUT2D eigenvalue weighted by molar-refractivity contribution is -0.123. The number of hydrogen-bond acceptors (Lipinski definition) is 5. The SMILES string of the molecule is Cc1ccc(C)c(NC(=O)C(C)OC(=O)c2ccc3c(c2)C(=O)N(c2cc(C)ccc2C)C3=O)c1. The molecule has 0 fully saturated rings. The molecule has 1 heterocycles. The number of nitrogens with zero attached hydrogens (tertiary/aromatic N) is 1. The molecule has 0 spiro atoms. The summed E-state index contributed by atoms with van der Waals surface area (Å²) in [6.07, 6.45) is -1.07. The average molecular weight is 471 g/mol. The average Bonchev–Trinajstić information content (AvgIpc) is 3.07. The van der Waals surface area contributed by atoms with Crippen LogP contribution < -0.4 is 10.2 Å². The van der Waals surface area contributed by atoms with Gasteiger partial charge in [0.05, 0.1) is 22.4 Å². The number of fused-ring (bicyclic) bond motifs is 1. The number of rotatable bonds is 5. The van der Waals surface area contributed by atoms with Crippen LogP contribution in [-0.4, -0.2) is 29.8 Å². The predicted octanol–water partition coefficient (Wildman–Crippen LogP) is 4.90. The molecule has 3 aromatic rings. The van der Waals surface area contributed by atoms with Crippen LogP contribution >= 0.6 is 0 Å². The number of anilines is 2. The molecule has 0 saturated heterocycles. The summed E-state index contributed by atoms with van der Waals surface area (Å²) in [5.41, 5.74) is 5.15. The molecule has 7 nitrogen and oxygen atoms in total. The highest BCUT2D eigenvalue weighted by Crippen LogP contribution is 2.32. The quantitative estimate of drug-likeness (QED) is 0.423. The fourth-order valence-electron chi connectivity index (χ4n) is 3.93. The highest BCUT2D eigenvalue weighted by Gasteiger charge is 2.38. The van der Waals surface area contributed by atoms with Crippen molar-refractivity contribution in [2.24, 2.45) is 0 Å². The van der Waals surface area contributed by atoms with Crippen molar-refractivity contribution in [1.29, 1.82) is 0 Å². The summed E-state index contributed by atoms with van der Waals surface area (Å²) >= 11 is 0. The Hall–Kier alpha value is -4.26. The minimum absolute atomic E-state index is 0.0825. The molecular weight excluding hydrogens is 444 g/mol. The second-order valence-electron chi connectivity index (χ2n) is 8.85. The van der Waals surface area contributed by atoms with Crippen LogP contribution in [0.4, 0.5) is 11.4 Å². The number of hydrogen-bond donors (Lipinski definition) is 1. The van der Waals surface area contributed by atoms with Crippen LogP contribution in [0, 0.1) is 27.7 Å². The molecule has 178 valence electrons. The van der Waals surface area contributed by atoms with E-state index in [0.29, 0.717) is 11.4 Å². The van der Waals surface area contributed by atoms with Gasteiger partial charge in [-0.3, -0.25) is 14.4 Å². The summed E-state index contributed by atoms with van der Waals surface area (Å²) in [5.74, 6) is -2.18. The summed E-state index contributed by atoms with van der Waals surface area (Å²) in [6.45, 7) is 8.97. The molecule has 35 heavy (non-hydrogen) atoms. The van der Waals surface area contributed by atoms with Gasteiger partial charge in [0, 0.05) is 5.69 Å². The van der Waals surface area contributed by atoms with Crippen molar-refractivity contribution in [2.45, 2.75) is 40.7 Å². The van der Waals surface area contributed by atoms with Crippen LogP contribution in [0.25, 0.3) is 0 Å². The van der Waals surface area contributed by atoms with Crippen molar-refractivity contribution >= 4 is 35.1 Å². The molecule has 0 saturated carbocycles. The Morgan fingerprint density at radius 1 is 0.800 bits per heavy atom. The van der Waals surface area contributed by atoms with Crippen LogP contribution in [0.3, 0.4) is 0 Å². The Kier molecular flexibility index (Phi) is 6.26. The molecule has 0 aliphatic carbocycles. The smallest absolute Gasteiger partial charge is 0.338 e. The molecule has 1 N–H and O–H groups in total. The topological polar surface area (TPSA) is 92.8 Å². The van der Waals surface area contributed by atoms with Crippen LogP contribution in [0.5, 0.6) is 0 Å². The third-order valence-electron chi connectivity index (χ3n) is 6.03. The number of carbonyl (C=O) groups excluding carboxylic acids is 4. The Labute approximate surface area is 203 Å². The van der Waals surface area contributed by atoms with Crippen LogP contribution in [0.2, 0.25) is 0 Å². The van der Waals surface area contributed by atoms with Gasteiger partial charge in [-0.15, -0.1) is 0 Å². The molecule has 7 heteroatoms. The number of nitrogens with one attached hydrogen (secondary N) is 1. The number of benzene rings is 3. The summed E-state index contributed by atoms with van der Waals surface area (Å²) in [7, 11) is 0. The number of amides is 3. The lowest BCUT2D eigenvalue weighted by Crippen LogP contribution is -2.30. The Morgan fingerprint density at radius 3 is 2.14 bits per heavy atom. The second kappa shape index (κ2) is 9.18. The van der Waals surface area contributed by atoms with Gasteiger partial charge in [0.1, 0.15) is 0 Å². The summed E-state index contributed by atoms with van der Waals surface area (Å²) < 4.78 is 5.35. The minimum Gasteiger partial charge on any atom is -0.449 e. The molecule has 3 amide bonds. The number of imide groups is 1. The van der Waals surface area contributed by atoms with Gasteiger partial charge >= 0.3 is 5.97 Å². The molecule has 1 aliphatic heterocycles.